The van der Waals surface area contributed by atoms with Crippen molar-refractivity contribution in [3.63, 3.8) is 0 Å². The maximum absolute atomic E-state index is 12.2. The van der Waals surface area contributed by atoms with Crippen molar-refractivity contribution < 1.29 is 14.3 Å². The number of benzene rings is 2. The molecule has 0 fully saturated rings. The second kappa shape index (κ2) is 13.3. The number of amides is 2. The van der Waals surface area contributed by atoms with Crippen molar-refractivity contribution in [3.8, 4) is 5.75 Å². The molecule has 2 aromatic carbocycles. The zero-order chi connectivity index (χ0) is 22.5. The number of hydrogen-bond acceptors (Lipinski definition) is 4. The molecule has 6 heteroatoms. The summed E-state index contributed by atoms with van der Waals surface area (Å²) in [4.78, 5) is 24.3. The summed E-state index contributed by atoms with van der Waals surface area (Å²) in [5.74, 6) is 0.569. The Morgan fingerprint density at radius 2 is 1.58 bits per heavy atom. The quantitative estimate of drug-likeness (QED) is 0.384. The summed E-state index contributed by atoms with van der Waals surface area (Å²) in [6.45, 7) is 7.06. The third-order valence-corrected chi connectivity index (χ3v) is 4.99. The van der Waals surface area contributed by atoms with Gasteiger partial charge in [-0.1, -0.05) is 33.1 Å². The van der Waals surface area contributed by atoms with Gasteiger partial charge in [-0.15, -0.1) is 0 Å². The molecule has 0 spiro atoms. The van der Waals surface area contributed by atoms with Crippen LogP contribution in [-0.4, -0.2) is 31.0 Å². The van der Waals surface area contributed by atoms with Crippen molar-refractivity contribution in [1.82, 2.24) is 5.32 Å². The van der Waals surface area contributed by atoms with Gasteiger partial charge in [0.15, 0.2) is 0 Å². The molecule has 3 N–H and O–H groups in total. The molecule has 2 rings (SSSR count). The van der Waals surface area contributed by atoms with E-state index in [0.717, 1.165) is 30.9 Å². The second-order valence-electron chi connectivity index (χ2n) is 7.70. The average molecular weight is 426 g/mol. The van der Waals surface area contributed by atoms with E-state index < -0.39 is 0 Å². The van der Waals surface area contributed by atoms with Gasteiger partial charge in [0.1, 0.15) is 5.75 Å². The van der Waals surface area contributed by atoms with Crippen LogP contribution < -0.4 is 20.7 Å². The van der Waals surface area contributed by atoms with Gasteiger partial charge in [-0.25, -0.2) is 0 Å². The smallest absolute Gasteiger partial charge is 0.251 e. The normalized spacial score (nSPS) is 11.5. The van der Waals surface area contributed by atoms with E-state index in [0.29, 0.717) is 11.3 Å². The molecule has 2 amide bonds. The van der Waals surface area contributed by atoms with E-state index in [9.17, 15) is 9.59 Å². The van der Waals surface area contributed by atoms with E-state index in [4.69, 9.17) is 4.74 Å². The minimum Gasteiger partial charge on any atom is -0.494 e. The lowest BCUT2D eigenvalue weighted by Gasteiger charge is -2.12. The molecule has 0 aliphatic rings. The minimum absolute atomic E-state index is 0.109. The van der Waals surface area contributed by atoms with Crippen LogP contribution in [0, 0.1) is 0 Å². The lowest BCUT2D eigenvalue weighted by atomic mass is 10.1. The van der Waals surface area contributed by atoms with E-state index in [1.165, 1.54) is 19.3 Å². The predicted octanol–water partition coefficient (Wildman–Crippen LogP) is 5.22. The van der Waals surface area contributed by atoms with Crippen molar-refractivity contribution in [2.75, 3.05) is 23.8 Å². The second-order valence-corrected chi connectivity index (χ2v) is 7.70. The molecule has 0 saturated heterocycles. The molecule has 6 nitrogen and oxygen atoms in total. The van der Waals surface area contributed by atoms with Crippen LogP contribution in [0.15, 0.2) is 48.5 Å². The summed E-state index contributed by atoms with van der Waals surface area (Å²) >= 11 is 0. The lowest BCUT2D eigenvalue weighted by Crippen LogP contribution is -2.31. The Labute approximate surface area is 185 Å². The van der Waals surface area contributed by atoms with E-state index in [1.807, 2.05) is 38.1 Å². The summed E-state index contributed by atoms with van der Waals surface area (Å²) in [5, 5.41) is 8.85. The number of carbonyl (C=O) groups excluding carboxylic acids is 2. The average Bonchev–Trinajstić information content (AvgIpc) is 2.78. The number of rotatable bonds is 13. The summed E-state index contributed by atoms with van der Waals surface area (Å²) in [7, 11) is 0. The van der Waals surface area contributed by atoms with Gasteiger partial charge >= 0.3 is 0 Å². The first kappa shape index (κ1) is 24.3. The van der Waals surface area contributed by atoms with Crippen molar-refractivity contribution in [3.05, 3.63) is 54.1 Å². The monoisotopic (exact) mass is 425 g/mol. The summed E-state index contributed by atoms with van der Waals surface area (Å²) < 4.78 is 5.73. The van der Waals surface area contributed by atoms with Gasteiger partial charge < -0.3 is 20.7 Å². The zero-order valence-electron chi connectivity index (χ0n) is 18.9. The topological polar surface area (TPSA) is 79.5 Å². The number of ether oxygens (including phenoxy) is 1. The van der Waals surface area contributed by atoms with Crippen LogP contribution in [0.25, 0.3) is 0 Å². The van der Waals surface area contributed by atoms with E-state index in [1.54, 1.807) is 24.3 Å². The molecule has 0 bridgehead atoms. The summed E-state index contributed by atoms with van der Waals surface area (Å²) in [5.41, 5.74) is 2.08. The van der Waals surface area contributed by atoms with Crippen LogP contribution in [0.2, 0.25) is 0 Å². The molecule has 1 atom stereocenters. The Balaban J connectivity index is 1.73. The Hall–Kier alpha value is -3.02. The van der Waals surface area contributed by atoms with Gasteiger partial charge in [-0.3, -0.25) is 9.59 Å². The molecular weight excluding hydrogens is 390 g/mol. The van der Waals surface area contributed by atoms with Crippen LogP contribution >= 0.6 is 0 Å². The van der Waals surface area contributed by atoms with E-state index >= 15 is 0 Å². The van der Waals surface area contributed by atoms with E-state index in [2.05, 4.69) is 22.9 Å². The highest BCUT2D eigenvalue weighted by Gasteiger charge is 2.09. The first-order chi connectivity index (χ1) is 15.0. The molecular formula is C25H35N3O3. The zero-order valence-corrected chi connectivity index (χ0v) is 18.9. The lowest BCUT2D eigenvalue weighted by molar-refractivity contribution is -0.114. The molecule has 0 aromatic heterocycles. The SMILES string of the molecule is CCCCCCOc1ccc(NCC(=O)Nc2ccc(C(=O)NC(C)CC)cc2)cc1. The largest absolute Gasteiger partial charge is 0.494 e. The van der Waals surface area contributed by atoms with E-state index in [-0.39, 0.29) is 24.4 Å². The fraction of sp³-hybridized carbons (Fsp3) is 0.440. The van der Waals surface area contributed by atoms with Crippen molar-refractivity contribution in [2.24, 2.45) is 0 Å². The van der Waals surface area contributed by atoms with Crippen LogP contribution in [-0.2, 0) is 4.79 Å². The first-order valence-electron chi connectivity index (χ1n) is 11.2. The summed E-state index contributed by atoms with van der Waals surface area (Å²) in [6.07, 6.45) is 5.60. The molecule has 0 aliphatic carbocycles. The minimum atomic E-state index is -0.159. The summed E-state index contributed by atoms with van der Waals surface area (Å²) in [6, 6.07) is 14.6. The molecule has 1 unspecified atom stereocenters. The third-order valence-electron chi connectivity index (χ3n) is 4.99. The van der Waals surface area contributed by atoms with Crippen LogP contribution in [0.5, 0.6) is 5.75 Å². The number of anilines is 2. The Bertz CT molecular complexity index is 804. The highest BCUT2D eigenvalue weighted by Crippen LogP contribution is 2.16. The Morgan fingerprint density at radius 3 is 2.23 bits per heavy atom. The van der Waals surface area contributed by atoms with Crippen molar-refractivity contribution in [2.45, 2.75) is 58.9 Å². The van der Waals surface area contributed by atoms with Gasteiger partial charge in [0.25, 0.3) is 5.91 Å². The Kier molecular flexibility index (Phi) is 10.4. The van der Waals surface area contributed by atoms with Crippen LogP contribution in [0.4, 0.5) is 11.4 Å². The van der Waals surface area contributed by atoms with Crippen molar-refractivity contribution in [1.29, 1.82) is 0 Å². The van der Waals surface area contributed by atoms with Gasteiger partial charge in [0, 0.05) is 23.0 Å². The van der Waals surface area contributed by atoms with Gasteiger partial charge in [-0.05, 0) is 68.3 Å². The maximum Gasteiger partial charge on any atom is 0.251 e. The predicted molar refractivity (Wildman–Crippen MR) is 127 cm³/mol. The van der Waals surface area contributed by atoms with Gasteiger partial charge in [-0.2, -0.15) is 0 Å². The fourth-order valence-electron chi connectivity index (χ4n) is 2.89. The van der Waals surface area contributed by atoms with Gasteiger partial charge in [0.2, 0.25) is 5.91 Å². The fourth-order valence-corrected chi connectivity index (χ4v) is 2.89. The molecule has 31 heavy (non-hydrogen) atoms. The van der Waals surface area contributed by atoms with Gasteiger partial charge in [0.05, 0.1) is 13.2 Å². The first-order valence-corrected chi connectivity index (χ1v) is 11.2. The third kappa shape index (κ3) is 9.11. The molecule has 168 valence electrons. The molecule has 0 radical (unpaired) electrons. The molecule has 0 heterocycles. The maximum atomic E-state index is 12.2. The number of unbranched alkanes of at least 4 members (excludes halogenated alkanes) is 3. The highest BCUT2D eigenvalue weighted by atomic mass is 16.5. The van der Waals surface area contributed by atoms with Crippen LogP contribution in [0.3, 0.4) is 0 Å². The molecule has 0 saturated carbocycles. The number of hydrogen-bond donors (Lipinski definition) is 3. The number of nitrogens with one attached hydrogen (secondary N) is 3. The molecule has 0 aliphatic heterocycles. The molecule has 2 aromatic rings. The number of carbonyl (C=O) groups is 2. The van der Waals surface area contributed by atoms with Crippen LogP contribution in [0.1, 0.15) is 63.2 Å². The highest BCUT2D eigenvalue weighted by molar-refractivity contribution is 5.96. The standard InChI is InChI=1S/C25H35N3O3/c1-4-6-7-8-17-31-23-15-13-21(14-16-23)26-18-24(29)28-22-11-9-20(10-12-22)25(30)27-19(3)5-2/h9-16,19,26H,4-8,17-18H2,1-3H3,(H,27,30)(H,28,29). The Morgan fingerprint density at radius 1 is 0.903 bits per heavy atom. The van der Waals surface area contributed by atoms with Crippen molar-refractivity contribution >= 4 is 23.2 Å².